The molecule has 8 heteroatoms. The van der Waals surface area contributed by atoms with Gasteiger partial charge in [0.25, 0.3) is 5.91 Å². The third-order valence-electron chi connectivity index (χ3n) is 3.28. The van der Waals surface area contributed by atoms with E-state index in [9.17, 15) is 13.6 Å². The second-order valence-corrected chi connectivity index (χ2v) is 4.92. The molecular formula is C13H18F2N4O2. The van der Waals surface area contributed by atoms with E-state index < -0.39 is 23.2 Å². The third-order valence-corrected chi connectivity index (χ3v) is 3.28. The molecule has 1 atom stereocenters. The first-order valence-corrected chi connectivity index (χ1v) is 6.55. The Balaban J connectivity index is 1.97. The molecule has 0 bridgehead atoms. The van der Waals surface area contributed by atoms with Gasteiger partial charge < -0.3 is 20.4 Å². The van der Waals surface area contributed by atoms with Crippen LogP contribution in [0.1, 0.15) is 10.4 Å². The van der Waals surface area contributed by atoms with Crippen LogP contribution in [0.15, 0.2) is 12.1 Å². The zero-order valence-corrected chi connectivity index (χ0v) is 11.7. The highest BCUT2D eigenvalue weighted by molar-refractivity contribution is 5.94. The van der Waals surface area contributed by atoms with Gasteiger partial charge in [0.2, 0.25) is 0 Å². The minimum absolute atomic E-state index is 0.104. The number of nitrogens with zero attached hydrogens (tertiary/aromatic N) is 1. The van der Waals surface area contributed by atoms with Crippen LogP contribution in [-0.2, 0) is 4.74 Å². The van der Waals surface area contributed by atoms with E-state index in [2.05, 4.69) is 10.2 Å². The van der Waals surface area contributed by atoms with Gasteiger partial charge in [-0.05, 0) is 19.2 Å². The normalized spacial score (nSPS) is 19.3. The maximum atomic E-state index is 13.5. The number of hydrogen-bond acceptors (Lipinski definition) is 5. The summed E-state index contributed by atoms with van der Waals surface area (Å²) in [5, 5.41) is 2.61. The molecule has 21 heavy (non-hydrogen) atoms. The SMILES string of the molecule is CN1CCOC(CNC(=O)c2cc(F)c(NN)c(F)c2)C1. The second kappa shape index (κ2) is 6.79. The molecule has 1 aliphatic rings. The average molecular weight is 300 g/mol. The Labute approximate surface area is 121 Å². The van der Waals surface area contributed by atoms with E-state index in [1.165, 1.54) is 0 Å². The fourth-order valence-electron chi connectivity index (χ4n) is 2.14. The number of rotatable bonds is 4. The molecule has 0 spiro atoms. The minimum atomic E-state index is -0.920. The van der Waals surface area contributed by atoms with E-state index in [0.29, 0.717) is 13.2 Å². The summed E-state index contributed by atoms with van der Waals surface area (Å²) in [5.74, 6) is 2.59. The van der Waals surface area contributed by atoms with Gasteiger partial charge in [-0.1, -0.05) is 0 Å². The van der Waals surface area contributed by atoms with E-state index in [-0.39, 0.29) is 18.2 Å². The second-order valence-electron chi connectivity index (χ2n) is 4.92. The molecule has 0 aliphatic carbocycles. The Hall–Kier alpha value is -1.77. The summed E-state index contributed by atoms with van der Waals surface area (Å²) in [6.45, 7) is 2.41. The van der Waals surface area contributed by atoms with Crippen molar-refractivity contribution in [2.75, 3.05) is 38.7 Å². The summed E-state index contributed by atoms with van der Waals surface area (Å²) < 4.78 is 32.5. The molecule has 0 aromatic heterocycles. The standard InChI is InChI=1S/C13H18F2N4O2/c1-19-2-3-21-9(7-19)6-17-13(20)8-4-10(14)12(18-16)11(15)5-8/h4-5,9,18H,2-3,6-7,16H2,1H3,(H,17,20). The van der Waals surface area contributed by atoms with Crippen LogP contribution in [0, 0.1) is 11.6 Å². The molecule has 1 heterocycles. The van der Waals surface area contributed by atoms with Gasteiger partial charge in [0.15, 0.2) is 11.6 Å². The Morgan fingerprint density at radius 1 is 1.48 bits per heavy atom. The van der Waals surface area contributed by atoms with Crippen molar-refractivity contribution >= 4 is 11.6 Å². The van der Waals surface area contributed by atoms with Crippen LogP contribution in [-0.4, -0.2) is 50.2 Å². The first kappa shape index (κ1) is 15.6. The first-order chi connectivity index (χ1) is 10.0. The van der Waals surface area contributed by atoms with Crippen LogP contribution >= 0.6 is 0 Å². The van der Waals surface area contributed by atoms with E-state index in [0.717, 1.165) is 18.7 Å². The number of likely N-dealkylation sites (N-methyl/N-ethyl adjacent to an activating group) is 1. The molecule has 6 nitrogen and oxygen atoms in total. The Morgan fingerprint density at radius 2 is 2.14 bits per heavy atom. The number of nitrogens with two attached hydrogens (primary N) is 1. The van der Waals surface area contributed by atoms with E-state index in [1.54, 1.807) is 0 Å². The zero-order chi connectivity index (χ0) is 15.4. The summed E-state index contributed by atoms with van der Waals surface area (Å²) in [4.78, 5) is 14.0. The lowest BCUT2D eigenvalue weighted by Gasteiger charge is -2.30. The quantitative estimate of drug-likeness (QED) is 0.551. The average Bonchev–Trinajstić information content (AvgIpc) is 2.44. The number of morpholine rings is 1. The van der Waals surface area contributed by atoms with Crippen molar-refractivity contribution in [3.63, 3.8) is 0 Å². The van der Waals surface area contributed by atoms with E-state index in [4.69, 9.17) is 10.6 Å². The van der Waals surface area contributed by atoms with E-state index in [1.807, 2.05) is 12.5 Å². The molecular weight excluding hydrogens is 282 g/mol. The van der Waals surface area contributed by atoms with Crippen molar-refractivity contribution in [1.82, 2.24) is 10.2 Å². The lowest BCUT2D eigenvalue weighted by Crippen LogP contribution is -2.45. The third kappa shape index (κ3) is 3.87. The van der Waals surface area contributed by atoms with Crippen LogP contribution in [0.25, 0.3) is 0 Å². The summed E-state index contributed by atoms with van der Waals surface area (Å²) in [6.07, 6.45) is -0.132. The number of amides is 1. The summed E-state index contributed by atoms with van der Waals surface area (Å²) in [5.41, 5.74) is 1.34. The van der Waals surface area contributed by atoms with Gasteiger partial charge in [0.05, 0.1) is 12.7 Å². The van der Waals surface area contributed by atoms with Gasteiger partial charge in [-0.15, -0.1) is 0 Å². The van der Waals surface area contributed by atoms with Gasteiger partial charge >= 0.3 is 0 Å². The van der Waals surface area contributed by atoms with Gasteiger partial charge in [-0.3, -0.25) is 10.6 Å². The lowest BCUT2D eigenvalue weighted by molar-refractivity contribution is -0.0175. The Morgan fingerprint density at radius 3 is 2.71 bits per heavy atom. The number of benzene rings is 1. The molecule has 1 unspecified atom stereocenters. The smallest absolute Gasteiger partial charge is 0.251 e. The highest BCUT2D eigenvalue weighted by Gasteiger charge is 2.19. The Kier molecular flexibility index (Phi) is 5.05. The van der Waals surface area contributed by atoms with Gasteiger partial charge in [0.1, 0.15) is 5.69 Å². The summed E-state index contributed by atoms with van der Waals surface area (Å²) in [6, 6.07) is 1.86. The summed E-state index contributed by atoms with van der Waals surface area (Å²) >= 11 is 0. The van der Waals surface area contributed by atoms with E-state index >= 15 is 0 Å². The largest absolute Gasteiger partial charge is 0.374 e. The molecule has 1 aliphatic heterocycles. The fourth-order valence-corrected chi connectivity index (χ4v) is 2.14. The van der Waals surface area contributed by atoms with Crippen molar-refractivity contribution in [3.05, 3.63) is 29.3 Å². The molecule has 0 radical (unpaired) electrons. The molecule has 1 fully saturated rings. The van der Waals surface area contributed by atoms with Gasteiger partial charge in [-0.25, -0.2) is 8.78 Å². The van der Waals surface area contributed by atoms with Crippen molar-refractivity contribution in [2.45, 2.75) is 6.10 Å². The molecule has 2 rings (SSSR count). The van der Waals surface area contributed by atoms with Crippen LogP contribution < -0.4 is 16.6 Å². The minimum Gasteiger partial charge on any atom is -0.374 e. The number of nitrogens with one attached hydrogen (secondary N) is 2. The molecule has 1 aromatic rings. The zero-order valence-electron chi connectivity index (χ0n) is 11.7. The number of halogens is 2. The van der Waals surface area contributed by atoms with Crippen LogP contribution in [0.4, 0.5) is 14.5 Å². The monoisotopic (exact) mass is 300 g/mol. The number of nitrogen functional groups attached to an aromatic ring is 1. The number of carbonyl (C=O) groups excluding carboxylic acids is 1. The molecule has 116 valence electrons. The number of ether oxygens (including phenoxy) is 1. The van der Waals surface area contributed by atoms with Crippen LogP contribution in [0.3, 0.4) is 0 Å². The highest BCUT2D eigenvalue weighted by Crippen LogP contribution is 2.19. The number of hydrogen-bond donors (Lipinski definition) is 3. The van der Waals surface area contributed by atoms with Gasteiger partial charge in [0, 0.05) is 25.2 Å². The van der Waals surface area contributed by atoms with Crippen molar-refractivity contribution < 1.29 is 18.3 Å². The fraction of sp³-hybridized carbons (Fsp3) is 0.462. The Bertz CT molecular complexity index is 504. The topological polar surface area (TPSA) is 79.6 Å². The molecule has 0 saturated carbocycles. The van der Waals surface area contributed by atoms with Crippen LogP contribution in [0.2, 0.25) is 0 Å². The van der Waals surface area contributed by atoms with Crippen molar-refractivity contribution in [3.8, 4) is 0 Å². The van der Waals surface area contributed by atoms with Crippen molar-refractivity contribution in [2.24, 2.45) is 5.84 Å². The van der Waals surface area contributed by atoms with Gasteiger partial charge in [-0.2, -0.15) is 0 Å². The number of anilines is 1. The highest BCUT2D eigenvalue weighted by atomic mass is 19.1. The first-order valence-electron chi connectivity index (χ1n) is 6.55. The predicted octanol–water partition coefficient (Wildman–Crippen LogP) is 0.311. The number of carbonyl (C=O) groups is 1. The molecule has 1 amide bonds. The van der Waals surface area contributed by atoms with Crippen molar-refractivity contribution in [1.29, 1.82) is 0 Å². The lowest BCUT2D eigenvalue weighted by atomic mass is 10.1. The summed E-state index contributed by atoms with van der Waals surface area (Å²) in [7, 11) is 1.96. The maximum absolute atomic E-state index is 13.5. The molecule has 1 aromatic carbocycles. The molecule has 1 saturated heterocycles. The maximum Gasteiger partial charge on any atom is 0.251 e. The van der Waals surface area contributed by atoms with Crippen LogP contribution in [0.5, 0.6) is 0 Å². The number of hydrazine groups is 1. The molecule has 4 N–H and O–H groups in total. The predicted molar refractivity (Wildman–Crippen MR) is 73.7 cm³/mol.